The maximum absolute atomic E-state index is 13.6. The number of amides is 1. The third-order valence-corrected chi connectivity index (χ3v) is 6.09. The van der Waals surface area contributed by atoms with Gasteiger partial charge >= 0.3 is 0 Å². The van der Waals surface area contributed by atoms with Gasteiger partial charge in [-0.3, -0.25) is 29.0 Å². The van der Waals surface area contributed by atoms with Gasteiger partial charge in [-0.1, -0.05) is 47.5 Å². The zero-order chi connectivity index (χ0) is 25.2. The Morgan fingerprint density at radius 1 is 0.944 bits per heavy atom. The second-order valence-electron chi connectivity index (χ2n) is 8.05. The molecule has 2 aromatic carbocycles. The van der Waals surface area contributed by atoms with Gasteiger partial charge in [0, 0.05) is 27.9 Å². The fourth-order valence-electron chi connectivity index (χ4n) is 4.02. The Kier molecular flexibility index (Phi) is 6.45. The maximum Gasteiger partial charge on any atom is 0.281 e. The van der Waals surface area contributed by atoms with Crippen LogP contribution in [0.4, 0.5) is 0 Å². The molecule has 0 radical (unpaired) electrons. The minimum absolute atomic E-state index is 0.203. The van der Waals surface area contributed by atoms with Gasteiger partial charge in [-0.2, -0.15) is 0 Å². The van der Waals surface area contributed by atoms with E-state index in [9.17, 15) is 14.4 Å². The average Bonchev–Trinajstić information content (AvgIpc) is 3.19. The van der Waals surface area contributed by atoms with E-state index < -0.39 is 17.0 Å². The fraction of sp³-hybridized carbons (Fsp3) is 0.0769. The minimum Gasteiger partial charge on any atom is -0.349 e. The van der Waals surface area contributed by atoms with Crippen LogP contribution in [-0.4, -0.2) is 25.2 Å². The Balaban J connectivity index is 1.65. The number of hydrogen-bond donors (Lipinski definition) is 2. The number of H-pyrrole nitrogens is 1. The summed E-state index contributed by atoms with van der Waals surface area (Å²) in [5.41, 5.74) is 1.47. The zero-order valence-electron chi connectivity index (χ0n) is 18.7. The number of nitrogens with one attached hydrogen (secondary N) is 2. The lowest BCUT2D eigenvalue weighted by atomic mass is 10.1. The minimum atomic E-state index is -0.454. The number of halogens is 2. The van der Waals surface area contributed by atoms with Crippen LogP contribution in [-0.2, 0) is 17.9 Å². The highest BCUT2D eigenvalue weighted by Crippen LogP contribution is 2.27. The first kappa shape index (κ1) is 23.6. The fourth-order valence-corrected chi connectivity index (χ4v) is 4.39. The van der Waals surface area contributed by atoms with E-state index in [1.54, 1.807) is 66.9 Å². The topological polar surface area (TPSA) is 102 Å². The summed E-state index contributed by atoms with van der Waals surface area (Å²) in [4.78, 5) is 43.9. The summed E-state index contributed by atoms with van der Waals surface area (Å²) in [7, 11) is 0. The van der Waals surface area contributed by atoms with Gasteiger partial charge < -0.3 is 5.32 Å². The van der Waals surface area contributed by atoms with E-state index in [1.807, 2.05) is 6.07 Å². The number of aromatic amines is 1. The molecule has 3 heterocycles. The highest BCUT2D eigenvalue weighted by Gasteiger charge is 2.21. The monoisotopic (exact) mass is 519 g/mol. The van der Waals surface area contributed by atoms with Crippen LogP contribution in [0.1, 0.15) is 5.69 Å². The number of carbonyl (C=O) groups excluding carboxylic acids is 1. The molecule has 5 aromatic rings. The number of rotatable bonds is 6. The molecule has 3 aromatic heterocycles. The van der Waals surface area contributed by atoms with Gasteiger partial charge in [-0.15, -0.1) is 0 Å². The van der Waals surface area contributed by atoms with Crippen molar-refractivity contribution < 1.29 is 4.79 Å². The summed E-state index contributed by atoms with van der Waals surface area (Å²) in [5.74, 6) is -0.406. The summed E-state index contributed by atoms with van der Waals surface area (Å²) in [6.45, 7) is -0.0971. The highest BCUT2D eigenvalue weighted by atomic mass is 35.5. The van der Waals surface area contributed by atoms with E-state index in [2.05, 4.69) is 15.4 Å². The van der Waals surface area contributed by atoms with Crippen molar-refractivity contribution in [2.75, 3.05) is 0 Å². The Labute approximate surface area is 214 Å². The molecule has 0 fully saturated rings. The quantitative estimate of drug-likeness (QED) is 0.351. The van der Waals surface area contributed by atoms with Crippen LogP contribution in [0.5, 0.6) is 0 Å². The molecule has 180 valence electrons. The number of fused-ring (bicyclic) bond motifs is 1. The molecule has 0 unspecified atom stereocenters. The second kappa shape index (κ2) is 9.85. The number of carbonyl (C=O) groups is 1. The van der Waals surface area contributed by atoms with Crippen molar-refractivity contribution in [2.24, 2.45) is 0 Å². The highest BCUT2D eigenvalue weighted by molar-refractivity contribution is 6.31. The van der Waals surface area contributed by atoms with Crippen LogP contribution in [0.3, 0.4) is 0 Å². The van der Waals surface area contributed by atoms with Crippen molar-refractivity contribution in [1.82, 2.24) is 24.6 Å². The summed E-state index contributed by atoms with van der Waals surface area (Å²) in [6.07, 6.45) is 1.63. The molecule has 1 amide bonds. The van der Waals surface area contributed by atoms with E-state index in [-0.39, 0.29) is 24.2 Å². The molecule has 0 saturated heterocycles. The molecule has 2 N–H and O–H groups in total. The molecule has 0 aliphatic heterocycles. The number of pyridine rings is 2. The van der Waals surface area contributed by atoms with Crippen LogP contribution in [0.2, 0.25) is 10.0 Å². The molecular weight excluding hydrogens is 501 g/mol. The Morgan fingerprint density at radius 3 is 2.44 bits per heavy atom. The lowest BCUT2D eigenvalue weighted by molar-refractivity contribution is -0.121. The summed E-state index contributed by atoms with van der Waals surface area (Å²) in [6, 6.07) is 20.3. The van der Waals surface area contributed by atoms with Gasteiger partial charge in [0.25, 0.3) is 11.1 Å². The molecule has 0 bridgehead atoms. The SMILES string of the molecule is O=C(Cn1c(-c2cccc(Cl)c2)c2c(=O)n(-c3cccc(Cl)c3)[nH]c2cc1=O)NCc1ccccn1. The van der Waals surface area contributed by atoms with Crippen molar-refractivity contribution in [3.05, 3.63) is 115 Å². The smallest absolute Gasteiger partial charge is 0.281 e. The largest absolute Gasteiger partial charge is 0.349 e. The Hall–Kier alpha value is -4.14. The first-order valence-corrected chi connectivity index (χ1v) is 11.7. The summed E-state index contributed by atoms with van der Waals surface area (Å²) < 4.78 is 2.59. The second-order valence-corrected chi connectivity index (χ2v) is 8.92. The van der Waals surface area contributed by atoms with Crippen LogP contribution in [0.25, 0.3) is 27.8 Å². The molecule has 0 spiro atoms. The molecule has 5 rings (SSSR count). The van der Waals surface area contributed by atoms with Crippen LogP contribution in [0, 0.1) is 0 Å². The van der Waals surface area contributed by atoms with Gasteiger partial charge in [-0.05, 0) is 42.5 Å². The van der Waals surface area contributed by atoms with Crippen LogP contribution in [0.15, 0.2) is 88.6 Å². The molecule has 0 aliphatic rings. The van der Waals surface area contributed by atoms with Crippen molar-refractivity contribution in [1.29, 1.82) is 0 Å². The van der Waals surface area contributed by atoms with E-state index in [0.29, 0.717) is 32.5 Å². The van der Waals surface area contributed by atoms with Gasteiger partial charge in [0.1, 0.15) is 6.54 Å². The van der Waals surface area contributed by atoms with Crippen molar-refractivity contribution >= 4 is 40.0 Å². The Morgan fingerprint density at radius 2 is 1.72 bits per heavy atom. The molecule has 8 nitrogen and oxygen atoms in total. The van der Waals surface area contributed by atoms with E-state index in [4.69, 9.17) is 23.2 Å². The van der Waals surface area contributed by atoms with E-state index in [1.165, 1.54) is 15.3 Å². The lowest BCUT2D eigenvalue weighted by Crippen LogP contribution is -2.33. The lowest BCUT2D eigenvalue weighted by Gasteiger charge is -2.14. The molecule has 10 heteroatoms. The van der Waals surface area contributed by atoms with Crippen LogP contribution >= 0.6 is 23.2 Å². The zero-order valence-corrected chi connectivity index (χ0v) is 20.3. The summed E-state index contributed by atoms with van der Waals surface area (Å²) in [5, 5.41) is 6.89. The third kappa shape index (κ3) is 4.68. The maximum atomic E-state index is 13.6. The normalized spacial score (nSPS) is 11.1. The first-order chi connectivity index (χ1) is 17.4. The van der Waals surface area contributed by atoms with Crippen molar-refractivity contribution in [2.45, 2.75) is 13.1 Å². The molecular formula is C26H19Cl2N5O3. The van der Waals surface area contributed by atoms with Gasteiger partial charge in [-0.25, -0.2) is 4.68 Å². The molecule has 0 aliphatic carbocycles. The predicted octanol–water partition coefficient (Wildman–Crippen LogP) is 4.17. The molecule has 36 heavy (non-hydrogen) atoms. The van der Waals surface area contributed by atoms with Gasteiger partial charge in [0.2, 0.25) is 5.91 Å². The Bertz CT molecular complexity index is 1710. The number of nitrogens with zero attached hydrogens (tertiary/aromatic N) is 3. The van der Waals surface area contributed by atoms with Gasteiger partial charge in [0.15, 0.2) is 0 Å². The first-order valence-electron chi connectivity index (χ1n) is 11.0. The predicted molar refractivity (Wildman–Crippen MR) is 140 cm³/mol. The number of aromatic nitrogens is 4. The van der Waals surface area contributed by atoms with Gasteiger partial charge in [0.05, 0.1) is 34.5 Å². The van der Waals surface area contributed by atoms with Crippen LogP contribution < -0.4 is 16.4 Å². The molecule has 0 atom stereocenters. The third-order valence-electron chi connectivity index (χ3n) is 5.62. The van der Waals surface area contributed by atoms with Crippen molar-refractivity contribution in [3.63, 3.8) is 0 Å². The standard InChI is InChI=1S/C26H19Cl2N5O3/c27-17-6-3-5-16(11-17)25-24-21(31-33(26(24)36)20-9-4-7-18(28)12-20)13-23(35)32(25)15-22(34)30-14-19-8-1-2-10-29-19/h1-13,31H,14-15H2,(H,30,34). The van der Waals surface area contributed by atoms with Crippen molar-refractivity contribution in [3.8, 4) is 16.9 Å². The average molecular weight is 520 g/mol. The summed E-state index contributed by atoms with van der Waals surface area (Å²) >= 11 is 12.4. The number of benzene rings is 2. The van der Waals surface area contributed by atoms with E-state index in [0.717, 1.165) is 0 Å². The molecule has 0 saturated carbocycles. The number of hydrogen-bond acceptors (Lipinski definition) is 4. The van der Waals surface area contributed by atoms with E-state index >= 15 is 0 Å².